The fraction of sp³-hybridized carbons (Fsp3) is 0.310. The van der Waals surface area contributed by atoms with Crippen LogP contribution >= 0.6 is 0 Å². The van der Waals surface area contributed by atoms with Gasteiger partial charge in [-0.15, -0.1) is 0 Å². The summed E-state index contributed by atoms with van der Waals surface area (Å²) in [5.41, 5.74) is 0.519. The van der Waals surface area contributed by atoms with E-state index in [4.69, 9.17) is 4.74 Å². The Morgan fingerprint density at radius 1 is 1.05 bits per heavy atom. The number of para-hydroxylation sites is 1. The molecule has 1 N–H and O–H groups in total. The number of rotatable bonds is 4. The minimum absolute atomic E-state index is 0.0505. The Morgan fingerprint density at radius 2 is 1.80 bits per heavy atom. The van der Waals surface area contributed by atoms with E-state index in [1.807, 2.05) is 6.07 Å². The number of alkyl halides is 3. The largest absolute Gasteiger partial charge is 0.495 e. The molecule has 3 heterocycles. The fourth-order valence-corrected chi connectivity index (χ4v) is 6.05. The van der Waals surface area contributed by atoms with E-state index in [1.54, 1.807) is 11.0 Å². The Labute approximate surface area is 232 Å². The first kappa shape index (κ1) is 26.9. The molecule has 2 unspecified atom stereocenters. The number of methoxy groups -OCH3 is 1. The van der Waals surface area contributed by atoms with E-state index in [2.05, 4.69) is 9.89 Å². The molecule has 214 valence electrons. The van der Waals surface area contributed by atoms with Gasteiger partial charge in [-0.25, -0.2) is 13.8 Å². The third-order valence-electron chi connectivity index (χ3n) is 7.86. The molecule has 3 aliphatic rings. The minimum atomic E-state index is -4.69. The third kappa shape index (κ3) is 4.60. The van der Waals surface area contributed by atoms with Crippen molar-refractivity contribution in [3.8, 4) is 5.75 Å². The smallest absolute Gasteiger partial charge is 0.416 e. The first-order valence-corrected chi connectivity index (χ1v) is 13.0. The standard InChI is InChI=1S/C29H25F5N4O3/c1-41-25-9-8-16(29(32,33)34)12-24(25)38-23(14-26(39)40)18-4-2-6-21(31)27(18)35-28(38)36-10-11-37-17(15-36)13-19-20(30)5-3-7-22(19)37/h2-9,12,17,23H,10-11,13-15H2,1H3,(H,39,40). The summed E-state index contributed by atoms with van der Waals surface area (Å²) in [6.45, 7) is 1.07. The van der Waals surface area contributed by atoms with Gasteiger partial charge in [0.05, 0.1) is 36.9 Å². The fourth-order valence-electron chi connectivity index (χ4n) is 6.05. The number of aliphatic imine (C=N–C) groups is 1. The van der Waals surface area contributed by atoms with Gasteiger partial charge in [-0.05, 0) is 42.8 Å². The average Bonchev–Trinajstić information content (AvgIpc) is 3.31. The number of halogens is 5. The Hall–Kier alpha value is -4.35. The van der Waals surface area contributed by atoms with Crippen LogP contribution in [0.4, 0.5) is 39.0 Å². The maximum Gasteiger partial charge on any atom is 0.416 e. The number of fused-ring (bicyclic) bond motifs is 4. The lowest BCUT2D eigenvalue weighted by atomic mass is 9.96. The quantitative estimate of drug-likeness (QED) is 0.401. The summed E-state index contributed by atoms with van der Waals surface area (Å²) < 4.78 is 76.7. The zero-order valence-electron chi connectivity index (χ0n) is 21.8. The third-order valence-corrected chi connectivity index (χ3v) is 7.86. The van der Waals surface area contributed by atoms with E-state index >= 15 is 4.39 Å². The molecule has 3 aromatic carbocycles. The molecular formula is C29H25F5N4O3. The van der Waals surface area contributed by atoms with Gasteiger partial charge in [0.15, 0.2) is 0 Å². The molecule has 1 fully saturated rings. The van der Waals surface area contributed by atoms with Gasteiger partial charge in [0.2, 0.25) is 5.96 Å². The number of anilines is 2. The summed E-state index contributed by atoms with van der Waals surface area (Å²) in [5, 5.41) is 9.85. The molecular weight excluding hydrogens is 547 g/mol. The van der Waals surface area contributed by atoms with Crippen molar-refractivity contribution in [2.45, 2.75) is 31.1 Å². The first-order chi connectivity index (χ1) is 19.6. The summed E-state index contributed by atoms with van der Waals surface area (Å²) in [7, 11) is 1.30. The Balaban J connectivity index is 1.49. The average molecular weight is 573 g/mol. The van der Waals surface area contributed by atoms with E-state index in [0.717, 1.165) is 17.8 Å². The SMILES string of the molecule is COc1ccc(C(F)(F)F)cc1N1C(N2CCN3c4cccc(F)c4CC3C2)=Nc2c(F)cccc2C1CC(=O)O. The van der Waals surface area contributed by atoms with Crippen molar-refractivity contribution in [3.63, 3.8) is 0 Å². The van der Waals surface area contributed by atoms with Gasteiger partial charge in [0, 0.05) is 36.4 Å². The number of hydrogen-bond acceptors (Lipinski definition) is 6. The molecule has 2 atom stereocenters. The normalized spacial score (nSPS) is 19.9. The topological polar surface area (TPSA) is 68.6 Å². The van der Waals surface area contributed by atoms with E-state index in [9.17, 15) is 27.5 Å². The zero-order valence-corrected chi connectivity index (χ0v) is 21.8. The Bertz CT molecular complexity index is 1560. The van der Waals surface area contributed by atoms with Crippen LogP contribution in [0.3, 0.4) is 0 Å². The number of guanidine groups is 1. The molecule has 41 heavy (non-hydrogen) atoms. The Morgan fingerprint density at radius 3 is 2.54 bits per heavy atom. The number of carboxylic acids is 1. The van der Waals surface area contributed by atoms with Crippen LogP contribution in [0, 0.1) is 11.6 Å². The molecule has 3 aliphatic heterocycles. The van der Waals surface area contributed by atoms with Gasteiger partial charge in [-0.2, -0.15) is 13.2 Å². The maximum absolute atomic E-state index is 15.1. The molecule has 0 saturated carbocycles. The number of hydrogen-bond donors (Lipinski definition) is 1. The summed E-state index contributed by atoms with van der Waals surface area (Å²) in [6.07, 6.45) is -4.83. The van der Waals surface area contributed by atoms with Crippen LogP contribution in [-0.4, -0.2) is 54.7 Å². The van der Waals surface area contributed by atoms with Crippen LogP contribution in [0.25, 0.3) is 0 Å². The molecule has 0 spiro atoms. The van der Waals surface area contributed by atoms with Crippen molar-refractivity contribution >= 4 is 29.0 Å². The molecule has 0 bridgehead atoms. The first-order valence-electron chi connectivity index (χ1n) is 13.0. The maximum atomic E-state index is 15.1. The summed E-state index contributed by atoms with van der Waals surface area (Å²) >= 11 is 0. The number of ether oxygens (including phenoxy) is 1. The van der Waals surface area contributed by atoms with E-state index in [-0.39, 0.29) is 40.5 Å². The zero-order chi connectivity index (χ0) is 29.1. The number of piperazine rings is 1. The predicted octanol–water partition coefficient (Wildman–Crippen LogP) is 5.76. The van der Waals surface area contributed by atoms with Crippen molar-refractivity contribution in [1.82, 2.24) is 4.90 Å². The van der Waals surface area contributed by atoms with E-state index < -0.39 is 36.0 Å². The van der Waals surface area contributed by atoms with Crippen LogP contribution in [-0.2, 0) is 17.4 Å². The predicted molar refractivity (Wildman–Crippen MR) is 142 cm³/mol. The molecule has 0 amide bonds. The van der Waals surface area contributed by atoms with Gasteiger partial charge in [0.25, 0.3) is 0 Å². The number of nitrogens with zero attached hydrogens (tertiary/aromatic N) is 4. The highest BCUT2D eigenvalue weighted by molar-refractivity contribution is 6.02. The Kier molecular flexibility index (Phi) is 6.50. The van der Waals surface area contributed by atoms with Crippen molar-refractivity contribution in [2.75, 3.05) is 36.5 Å². The highest BCUT2D eigenvalue weighted by atomic mass is 19.4. The number of carbonyl (C=O) groups is 1. The van der Waals surface area contributed by atoms with E-state index in [0.29, 0.717) is 31.6 Å². The molecule has 3 aromatic rings. The van der Waals surface area contributed by atoms with Crippen molar-refractivity contribution in [3.05, 3.63) is 82.9 Å². The summed E-state index contributed by atoms with van der Waals surface area (Å²) in [5.74, 6) is -2.06. The van der Waals surface area contributed by atoms with Gasteiger partial charge in [0.1, 0.15) is 23.1 Å². The second-order valence-electron chi connectivity index (χ2n) is 10.2. The van der Waals surface area contributed by atoms with Crippen molar-refractivity contribution < 1.29 is 36.6 Å². The second-order valence-corrected chi connectivity index (χ2v) is 10.2. The molecule has 0 radical (unpaired) electrons. The number of carboxylic acid groups (broad SMARTS) is 1. The summed E-state index contributed by atoms with van der Waals surface area (Å²) in [4.78, 5) is 22.0. The lowest BCUT2D eigenvalue weighted by Crippen LogP contribution is -2.58. The van der Waals surface area contributed by atoms with Crippen LogP contribution < -0.4 is 14.5 Å². The molecule has 1 saturated heterocycles. The second kappa shape index (κ2) is 9.93. The highest BCUT2D eigenvalue weighted by Gasteiger charge is 2.43. The van der Waals surface area contributed by atoms with Crippen LogP contribution in [0.1, 0.15) is 29.2 Å². The van der Waals surface area contributed by atoms with Crippen molar-refractivity contribution in [1.29, 1.82) is 0 Å². The molecule has 0 aliphatic carbocycles. The van der Waals surface area contributed by atoms with Crippen LogP contribution in [0.5, 0.6) is 5.75 Å². The van der Waals surface area contributed by atoms with Gasteiger partial charge in [-0.3, -0.25) is 4.79 Å². The van der Waals surface area contributed by atoms with Gasteiger partial charge >= 0.3 is 12.1 Å². The lowest BCUT2D eigenvalue weighted by molar-refractivity contribution is -0.138. The number of aliphatic carboxylic acids is 1. The van der Waals surface area contributed by atoms with Crippen LogP contribution in [0.2, 0.25) is 0 Å². The molecule has 12 heteroatoms. The van der Waals surface area contributed by atoms with Gasteiger partial charge < -0.3 is 24.5 Å². The van der Waals surface area contributed by atoms with Crippen molar-refractivity contribution in [2.24, 2.45) is 4.99 Å². The minimum Gasteiger partial charge on any atom is -0.495 e. The molecule has 0 aromatic heterocycles. The highest BCUT2D eigenvalue weighted by Crippen LogP contribution is 2.46. The monoisotopic (exact) mass is 572 g/mol. The van der Waals surface area contributed by atoms with Gasteiger partial charge in [-0.1, -0.05) is 18.2 Å². The van der Waals surface area contributed by atoms with E-state index in [1.165, 1.54) is 42.3 Å². The summed E-state index contributed by atoms with van der Waals surface area (Å²) in [6, 6.07) is 10.7. The van der Waals surface area contributed by atoms with Crippen LogP contribution in [0.15, 0.2) is 59.6 Å². The number of benzene rings is 3. The molecule has 6 rings (SSSR count). The molecule has 7 nitrogen and oxygen atoms in total. The lowest BCUT2D eigenvalue weighted by Gasteiger charge is -2.46.